The summed E-state index contributed by atoms with van der Waals surface area (Å²) in [5, 5.41) is 0. The van der Waals surface area contributed by atoms with Crippen LogP contribution < -0.4 is 0 Å². The predicted molar refractivity (Wildman–Crippen MR) is 114 cm³/mol. The highest BCUT2D eigenvalue weighted by atomic mass is 32.2. The van der Waals surface area contributed by atoms with E-state index in [1.54, 1.807) is 16.4 Å². The molecule has 0 saturated carbocycles. The molecule has 7 heteroatoms. The lowest BCUT2D eigenvalue weighted by Crippen LogP contribution is -2.48. The van der Waals surface area contributed by atoms with Gasteiger partial charge in [-0.2, -0.15) is 4.31 Å². The Bertz CT molecular complexity index is 1090. The Labute approximate surface area is 172 Å². The minimum Gasteiger partial charge on any atom is -0.303 e. The second kappa shape index (κ2) is 7.55. The average molecular weight is 413 g/mol. The van der Waals surface area contributed by atoms with E-state index in [1.165, 1.54) is 0 Å². The summed E-state index contributed by atoms with van der Waals surface area (Å²) in [5.41, 5.74) is 3.19. The molecule has 1 aliphatic rings. The van der Waals surface area contributed by atoms with Crippen LogP contribution in [0, 0.1) is 0 Å². The third-order valence-corrected chi connectivity index (χ3v) is 7.48. The fraction of sp³-hybridized carbons (Fsp3) is 0.409. The summed E-state index contributed by atoms with van der Waals surface area (Å²) in [6, 6.07) is 13.3. The normalized spacial score (nSPS) is 17.1. The predicted octanol–water partition coefficient (Wildman–Crippen LogP) is 3.14. The molecule has 0 atom stereocenters. The molecule has 154 valence electrons. The van der Waals surface area contributed by atoms with Gasteiger partial charge in [0.25, 0.3) is 0 Å². The van der Waals surface area contributed by atoms with Crippen molar-refractivity contribution >= 4 is 15.7 Å². The summed E-state index contributed by atoms with van der Waals surface area (Å²) in [6.45, 7) is 9.55. The van der Waals surface area contributed by atoms with Crippen LogP contribution in [-0.2, 0) is 22.0 Å². The molecule has 0 N–H and O–H groups in total. The standard InChI is InChI=1S/C22H28N4O2S/c1-22(2,3)18-7-9-20(10-8-18)29(27,28)25-14-12-24(13-15-25)17-19-16-23-21-6-4-5-11-26(19)21/h4-11,16H,12-15,17H2,1-3H3. The lowest BCUT2D eigenvalue weighted by atomic mass is 9.87. The zero-order chi connectivity index (χ0) is 20.6. The molecule has 6 nitrogen and oxygen atoms in total. The maximum Gasteiger partial charge on any atom is 0.243 e. The van der Waals surface area contributed by atoms with E-state index in [0.29, 0.717) is 31.1 Å². The number of nitrogens with zero attached hydrogens (tertiary/aromatic N) is 4. The first-order valence-corrected chi connectivity index (χ1v) is 11.4. The molecule has 0 spiro atoms. The molecule has 1 saturated heterocycles. The monoisotopic (exact) mass is 412 g/mol. The van der Waals surface area contributed by atoms with Gasteiger partial charge in [0.05, 0.1) is 16.8 Å². The number of rotatable bonds is 4. The average Bonchev–Trinajstić information content (AvgIpc) is 3.11. The van der Waals surface area contributed by atoms with E-state index in [1.807, 2.05) is 42.7 Å². The summed E-state index contributed by atoms with van der Waals surface area (Å²) in [6.07, 6.45) is 3.91. The van der Waals surface area contributed by atoms with Gasteiger partial charge in [0, 0.05) is 38.9 Å². The number of hydrogen-bond acceptors (Lipinski definition) is 4. The third-order valence-electron chi connectivity index (χ3n) is 5.57. The SMILES string of the molecule is CC(C)(C)c1ccc(S(=O)(=O)N2CCN(Cc3cnc4ccccn34)CC2)cc1. The van der Waals surface area contributed by atoms with Crippen molar-refractivity contribution in [2.75, 3.05) is 26.2 Å². The van der Waals surface area contributed by atoms with Crippen molar-refractivity contribution in [2.45, 2.75) is 37.6 Å². The van der Waals surface area contributed by atoms with E-state index in [4.69, 9.17) is 0 Å². The molecule has 29 heavy (non-hydrogen) atoms. The minimum atomic E-state index is -3.46. The van der Waals surface area contributed by atoms with Crippen molar-refractivity contribution in [3.05, 3.63) is 66.1 Å². The second-order valence-electron chi connectivity index (χ2n) is 8.63. The molecule has 1 aliphatic heterocycles. The number of pyridine rings is 1. The van der Waals surface area contributed by atoms with Crippen molar-refractivity contribution in [1.82, 2.24) is 18.6 Å². The highest BCUT2D eigenvalue weighted by molar-refractivity contribution is 7.89. The Balaban J connectivity index is 1.42. The molecule has 0 aliphatic carbocycles. The van der Waals surface area contributed by atoms with E-state index in [-0.39, 0.29) is 5.41 Å². The smallest absolute Gasteiger partial charge is 0.243 e. The highest BCUT2D eigenvalue weighted by Crippen LogP contribution is 2.25. The first-order chi connectivity index (χ1) is 13.7. The second-order valence-corrected chi connectivity index (χ2v) is 10.6. The maximum absolute atomic E-state index is 13.0. The Morgan fingerprint density at radius 3 is 2.31 bits per heavy atom. The molecule has 1 fully saturated rings. The molecular weight excluding hydrogens is 384 g/mol. The zero-order valence-electron chi connectivity index (χ0n) is 17.2. The van der Waals surface area contributed by atoms with Gasteiger partial charge in [0.1, 0.15) is 5.65 Å². The maximum atomic E-state index is 13.0. The Hall–Kier alpha value is -2.22. The van der Waals surface area contributed by atoms with Gasteiger partial charge in [0.15, 0.2) is 0 Å². The fourth-order valence-electron chi connectivity index (χ4n) is 3.74. The van der Waals surface area contributed by atoms with Crippen molar-refractivity contribution in [2.24, 2.45) is 0 Å². The largest absolute Gasteiger partial charge is 0.303 e. The van der Waals surface area contributed by atoms with Gasteiger partial charge in [-0.25, -0.2) is 13.4 Å². The van der Waals surface area contributed by atoms with Crippen molar-refractivity contribution in [1.29, 1.82) is 0 Å². The van der Waals surface area contributed by atoms with E-state index >= 15 is 0 Å². The summed E-state index contributed by atoms with van der Waals surface area (Å²) in [7, 11) is -3.46. The molecule has 2 aromatic heterocycles. The van der Waals surface area contributed by atoms with Gasteiger partial charge in [-0.05, 0) is 35.2 Å². The van der Waals surface area contributed by atoms with Crippen LogP contribution >= 0.6 is 0 Å². The number of imidazole rings is 1. The van der Waals surface area contributed by atoms with E-state index in [0.717, 1.165) is 23.4 Å². The quantitative estimate of drug-likeness (QED) is 0.661. The van der Waals surface area contributed by atoms with Crippen LogP contribution in [0.1, 0.15) is 32.0 Å². The number of aromatic nitrogens is 2. The molecule has 4 rings (SSSR count). The topological polar surface area (TPSA) is 57.9 Å². The Morgan fingerprint density at radius 2 is 1.66 bits per heavy atom. The van der Waals surface area contributed by atoms with Gasteiger partial charge in [-0.1, -0.05) is 39.0 Å². The lowest BCUT2D eigenvalue weighted by Gasteiger charge is -2.33. The van der Waals surface area contributed by atoms with Crippen molar-refractivity contribution < 1.29 is 8.42 Å². The molecule has 0 amide bonds. The molecule has 3 aromatic rings. The first-order valence-electron chi connectivity index (χ1n) is 9.99. The molecule has 0 bridgehead atoms. The van der Waals surface area contributed by atoms with Crippen LogP contribution in [0.4, 0.5) is 0 Å². The van der Waals surface area contributed by atoms with Gasteiger partial charge in [0.2, 0.25) is 10.0 Å². The molecule has 0 radical (unpaired) electrons. The lowest BCUT2D eigenvalue weighted by molar-refractivity contribution is 0.179. The number of piperazine rings is 1. The van der Waals surface area contributed by atoms with Crippen molar-refractivity contribution in [3.63, 3.8) is 0 Å². The molecule has 0 unspecified atom stereocenters. The fourth-order valence-corrected chi connectivity index (χ4v) is 5.16. The summed E-state index contributed by atoms with van der Waals surface area (Å²) >= 11 is 0. The third kappa shape index (κ3) is 4.08. The Kier molecular flexibility index (Phi) is 5.23. The number of fused-ring (bicyclic) bond motifs is 1. The Morgan fingerprint density at radius 1 is 0.966 bits per heavy atom. The summed E-state index contributed by atoms with van der Waals surface area (Å²) in [4.78, 5) is 7.09. The van der Waals surface area contributed by atoms with Gasteiger partial charge in [-0.15, -0.1) is 0 Å². The first kappa shape index (κ1) is 20.1. The van der Waals surface area contributed by atoms with Gasteiger partial charge >= 0.3 is 0 Å². The number of hydrogen-bond donors (Lipinski definition) is 0. The van der Waals surface area contributed by atoms with Crippen LogP contribution in [0.25, 0.3) is 5.65 Å². The summed E-state index contributed by atoms with van der Waals surface area (Å²) in [5.74, 6) is 0. The molecule has 3 heterocycles. The molecule has 1 aromatic carbocycles. The van der Waals surface area contributed by atoms with Crippen LogP contribution in [0.15, 0.2) is 59.8 Å². The van der Waals surface area contributed by atoms with Crippen LogP contribution in [-0.4, -0.2) is 53.2 Å². The molecular formula is C22H28N4O2S. The van der Waals surface area contributed by atoms with Gasteiger partial charge in [-0.3, -0.25) is 4.90 Å². The van der Waals surface area contributed by atoms with E-state index < -0.39 is 10.0 Å². The number of benzene rings is 1. The highest BCUT2D eigenvalue weighted by Gasteiger charge is 2.29. The van der Waals surface area contributed by atoms with Crippen LogP contribution in [0.5, 0.6) is 0 Å². The van der Waals surface area contributed by atoms with E-state index in [9.17, 15) is 8.42 Å². The number of sulfonamides is 1. The minimum absolute atomic E-state index is 0.00571. The van der Waals surface area contributed by atoms with Gasteiger partial charge < -0.3 is 4.40 Å². The zero-order valence-corrected chi connectivity index (χ0v) is 18.1. The van der Waals surface area contributed by atoms with Crippen LogP contribution in [0.3, 0.4) is 0 Å². The van der Waals surface area contributed by atoms with Crippen molar-refractivity contribution in [3.8, 4) is 0 Å². The van der Waals surface area contributed by atoms with Crippen LogP contribution in [0.2, 0.25) is 0 Å². The summed E-state index contributed by atoms with van der Waals surface area (Å²) < 4.78 is 29.8. The van der Waals surface area contributed by atoms with E-state index in [2.05, 4.69) is 35.1 Å².